The van der Waals surface area contributed by atoms with Crippen molar-refractivity contribution in [3.05, 3.63) is 0 Å². The summed E-state index contributed by atoms with van der Waals surface area (Å²) in [5.41, 5.74) is 20.2. The van der Waals surface area contributed by atoms with Gasteiger partial charge in [0.1, 0.15) is 12.1 Å². The number of carbonyl (C=O) groups excluding carboxylic acids is 1. The van der Waals surface area contributed by atoms with Gasteiger partial charge in [-0.15, -0.1) is 0 Å². The van der Waals surface area contributed by atoms with Gasteiger partial charge in [0.2, 0.25) is 0 Å². The summed E-state index contributed by atoms with van der Waals surface area (Å²) in [5, 5.41) is 28.4. The summed E-state index contributed by atoms with van der Waals surface area (Å²) in [4.78, 5) is 30.5. The van der Waals surface area contributed by atoms with Gasteiger partial charge in [-0.25, -0.2) is 4.79 Å². The molecule has 12 nitrogen and oxygen atoms in total. The molecule has 0 fully saturated rings. The molecule has 140 valence electrons. The molecule has 0 radical (unpaired) electrons. The first-order valence-electron chi connectivity index (χ1n) is 7.15. The molecular weight excluding hydrogens is 322 g/mol. The number of hydrogen-bond donors (Lipinski definition) is 9. The summed E-state index contributed by atoms with van der Waals surface area (Å²) in [5.74, 6) is -2.15. The van der Waals surface area contributed by atoms with Crippen molar-refractivity contribution in [1.29, 1.82) is 5.41 Å². The van der Waals surface area contributed by atoms with Crippen molar-refractivity contribution < 1.29 is 24.6 Å². The van der Waals surface area contributed by atoms with Crippen LogP contribution in [0.3, 0.4) is 0 Å². The molecule has 0 unspecified atom stereocenters. The summed E-state index contributed by atoms with van der Waals surface area (Å²) in [6.45, 7) is 0.840. The molecule has 12 heteroatoms. The Morgan fingerprint density at radius 3 is 1.54 bits per heavy atom. The zero-order valence-corrected chi connectivity index (χ0v) is 13.3. The van der Waals surface area contributed by atoms with Gasteiger partial charge in [0.05, 0.1) is 0 Å². The van der Waals surface area contributed by atoms with Gasteiger partial charge in [-0.3, -0.25) is 15.0 Å². The number of hydrogen-bond acceptors (Lipinski definition) is 6. The standard InChI is InChI=1S/C6H14N4O2.C6H13N3O3/c7-4(5(11)12)2-1-3-10-6(8)9;7-4(5(10)11)2-1-3-9-6(8)12/h4H,1-3,7H2,(H,11,12)(H4,8,9,10);4H,1-3,7H2,(H,10,11)(H3,8,9,12)/t2*4-/m10/s1. The van der Waals surface area contributed by atoms with E-state index in [1.165, 1.54) is 0 Å². The van der Waals surface area contributed by atoms with Crippen LogP contribution >= 0.6 is 0 Å². The van der Waals surface area contributed by atoms with Crippen LogP contribution in [-0.2, 0) is 9.59 Å². The fourth-order valence-corrected chi connectivity index (χ4v) is 1.33. The minimum Gasteiger partial charge on any atom is -0.480 e. The molecule has 0 heterocycles. The largest absolute Gasteiger partial charge is 0.480 e. The van der Waals surface area contributed by atoms with E-state index in [9.17, 15) is 14.4 Å². The number of nitrogens with one attached hydrogen (secondary N) is 3. The van der Waals surface area contributed by atoms with Gasteiger partial charge >= 0.3 is 18.0 Å². The van der Waals surface area contributed by atoms with Crippen LogP contribution in [-0.4, -0.2) is 59.3 Å². The van der Waals surface area contributed by atoms with Crippen LogP contribution in [0.2, 0.25) is 0 Å². The predicted molar refractivity (Wildman–Crippen MR) is 87.2 cm³/mol. The van der Waals surface area contributed by atoms with E-state index in [1.807, 2.05) is 0 Å². The van der Waals surface area contributed by atoms with E-state index in [1.54, 1.807) is 0 Å². The first-order valence-corrected chi connectivity index (χ1v) is 7.15. The summed E-state index contributed by atoms with van der Waals surface area (Å²) in [6, 6.07) is -2.29. The highest BCUT2D eigenvalue weighted by Gasteiger charge is 2.10. The van der Waals surface area contributed by atoms with Crippen molar-refractivity contribution >= 4 is 23.9 Å². The zero-order valence-electron chi connectivity index (χ0n) is 13.3. The van der Waals surface area contributed by atoms with Crippen LogP contribution in [0.4, 0.5) is 4.79 Å². The summed E-state index contributed by atoms with van der Waals surface area (Å²) in [6.07, 6.45) is 1.81. The SMILES string of the molecule is N=C(N)NCCC[C@@H](N)C(=O)O.NC(=O)NCCC[C@H](N)C(=O)O. The van der Waals surface area contributed by atoms with E-state index in [4.69, 9.17) is 38.6 Å². The number of carboxylic acid groups (broad SMARTS) is 2. The number of carboxylic acids is 2. The lowest BCUT2D eigenvalue weighted by atomic mass is 10.2. The molecule has 0 aromatic carbocycles. The molecule has 13 N–H and O–H groups in total. The normalized spacial score (nSPS) is 12.1. The highest BCUT2D eigenvalue weighted by molar-refractivity contribution is 5.74. The number of amides is 2. The predicted octanol–water partition coefficient (Wildman–Crippen LogP) is -2.49. The van der Waals surface area contributed by atoms with Crippen LogP contribution in [0, 0.1) is 5.41 Å². The van der Waals surface area contributed by atoms with Crippen molar-refractivity contribution in [1.82, 2.24) is 10.6 Å². The molecule has 0 rings (SSSR count). The van der Waals surface area contributed by atoms with E-state index in [0.717, 1.165) is 0 Å². The highest BCUT2D eigenvalue weighted by Crippen LogP contribution is 1.93. The quantitative estimate of drug-likeness (QED) is 0.115. The van der Waals surface area contributed by atoms with Crippen molar-refractivity contribution in [3.63, 3.8) is 0 Å². The first kappa shape index (κ1) is 23.7. The van der Waals surface area contributed by atoms with Gasteiger partial charge in [-0.1, -0.05) is 0 Å². The van der Waals surface area contributed by atoms with Gasteiger partial charge in [-0.05, 0) is 25.7 Å². The lowest BCUT2D eigenvalue weighted by Gasteiger charge is -2.06. The Labute approximate surface area is 139 Å². The molecule has 0 saturated heterocycles. The van der Waals surface area contributed by atoms with E-state index in [2.05, 4.69) is 10.6 Å². The topological polar surface area (TPSA) is 244 Å². The lowest BCUT2D eigenvalue weighted by Crippen LogP contribution is -2.34. The average molecular weight is 349 g/mol. The number of nitrogens with two attached hydrogens (primary N) is 4. The second-order valence-electron chi connectivity index (χ2n) is 4.81. The summed E-state index contributed by atoms with van der Waals surface area (Å²) in [7, 11) is 0. The van der Waals surface area contributed by atoms with Gasteiger partial charge in [-0.2, -0.15) is 0 Å². The number of rotatable bonds is 10. The number of aliphatic carboxylic acids is 2. The Hall–Kier alpha value is -2.60. The minimum atomic E-state index is -1.03. The zero-order chi connectivity index (χ0) is 19.1. The van der Waals surface area contributed by atoms with Crippen molar-refractivity contribution in [2.24, 2.45) is 22.9 Å². The second-order valence-corrected chi connectivity index (χ2v) is 4.81. The third kappa shape index (κ3) is 17.5. The van der Waals surface area contributed by atoms with Crippen LogP contribution in [0.1, 0.15) is 25.7 Å². The summed E-state index contributed by atoms with van der Waals surface area (Å²) >= 11 is 0. The molecule has 0 spiro atoms. The lowest BCUT2D eigenvalue weighted by molar-refractivity contribution is -0.139. The maximum atomic E-state index is 10.2. The fourth-order valence-electron chi connectivity index (χ4n) is 1.33. The Balaban J connectivity index is 0. The molecule has 0 aliphatic rings. The molecular formula is C12H27N7O5. The Morgan fingerprint density at radius 1 is 0.875 bits per heavy atom. The van der Waals surface area contributed by atoms with Crippen LogP contribution < -0.4 is 33.6 Å². The van der Waals surface area contributed by atoms with E-state index in [0.29, 0.717) is 38.8 Å². The monoisotopic (exact) mass is 349 g/mol. The van der Waals surface area contributed by atoms with Crippen molar-refractivity contribution in [3.8, 4) is 0 Å². The van der Waals surface area contributed by atoms with E-state index in [-0.39, 0.29) is 5.96 Å². The van der Waals surface area contributed by atoms with Gasteiger partial charge < -0.3 is 43.8 Å². The smallest absolute Gasteiger partial charge is 0.320 e. The third-order valence-electron chi connectivity index (χ3n) is 2.63. The fraction of sp³-hybridized carbons (Fsp3) is 0.667. The Bertz CT molecular complexity index is 381. The number of guanidine groups is 1. The minimum absolute atomic E-state index is 0.112. The van der Waals surface area contributed by atoms with Gasteiger partial charge in [0.15, 0.2) is 5.96 Å². The van der Waals surface area contributed by atoms with Crippen LogP contribution in [0.25, 0.3) is 0 Å². The number of urea groups is 1. The maximum absolute atomic E-state index is 10.2. The van der Waals surface area contributed by atoms with Crippen LogP contribution in [0.5, 0.6) is 0 Å². The highest BCUT2D eigenvalue weighted by atomic mass is 16.4. The van der Waals surface area contributed by atoms with E-state index < -0.39 is 30.1 Å². The molecule has 24 heavy (non-hydrogen) atoms. The Kier molecular flexibility index (Phi) is 13.8. The third-order valence-corrected chi connectivity index (χ3v) is 2.63. The number of primary amides is 1. The number of carbonyl (C=O) groups is 3. The van der Waals surface area contributed by atoms with Gasteiger partial charge in [0, 0.05) is 13.1 Å². The first-order chi connectivity index (χ1) is 11.1. The molecule has 0 saturated carbocycles. The van der Waals surface area contributed by atoms with E-state index >= 15 is 0 Å². The molecule has 0 aliphatic carbocycles. The molecule has 2 amide bonds. The molecule has 0 bridgehead atoms. The van der Waals surface area contributed by atoms with Gasteiger partial charge in [0.25, 0.3) is 0 Å². The van der Waals surface area contributed by atoms with Crippen molar-refractivity contribution in [2.75, 3.05) is 13.1 Å². The second kappa shape index (κ2) is 14.0. The maximum Gasteiger partial charge on any atom is 0.320 e. The summed E-state index contributed by atoms with van der Waals surface area (Å²) < 4.78 is 0. The molecule has 0 aliphatic heterocycles. The molecule has 2 atom stereocenters. The van der Waals surface area contributed by atoms with Crippen LogP contribution in [0.15, 0.2) is 0 Å². The average Bonchev–Trinajstić information content (AvgIpc) is 2.47. The molecule has 0 aromatic rings. The Morgan fingerprint density at radius 2 is 1.25 bits per heavy atom. The molecule has 0 aromatic heterocycles. The van der Waals surface area contributed by atoms with Crippen molar-refractivity contribution in [2.45, 2.75) is 37.8 Å².